The number of carbonyl (C=O) groups excluding carboxylic acids is 1. The van der Waals surface area contributed by atoms with Crippen LogP contribution in [0, 0.1) is 0 Å². The van der Waals surface area contributed by atoms with Crippen LogP contribution < -0.4 is 5.48 Å². The molecule has 0 amide bonds. The summed E-state index contributed by atoms with van der Waals surface area (Å²) < 4.78 is 0. The first kappa shape index (κ1) is 9.54. The number of rotatable bonds is 3. The molecule has 1 rings (SSSR count). The SMILES string of the molecule is CC(=O)ONCc1ccc(O)cc1. The van der Waals surface area contributed by atoms with Gasteiger partial charge in [0.15, 0.2) is 0 Å². The van der Waals surface area contributed by atoms with Crippen LogP contribution in [-0.4, -0.2) is 11.1 Å². The Labute approximate surface area is 76.1 Å². The van der Waals surface area contributed by atoms with Gasteiger partial charge in [0.05, 0.1) is 6.54 Å². The van der Waals surface area contributed by atoms with Crippen molar-refractivity contribution in [1.29, 1.82) is 0 Å². The lowest BCUT2D eigenvalue weighted by Gasteiger charge is -2.03. The fraction of sp³-hybridized carbons (Fsp3) is 0.222. The van der Waals surface area contributed by atoms with Gasteiger partial charge < -0.3 is 9.94 Å². The molecule has 0 radical (unpaired) electrons. The summed E-state index contributed by atoms with van der Waals surface area (Å²) in [5, 5.41) is 8.96. The van der Waals surface area contributed by atoms with Crippen molar-refractivity contribution in [2.24, 2.45) is 0 Å². The van der Waals surface area contributed by atoms with Crippen LogP contribution in [0.5, 0.6) is 5.75 Å². The minimum Gasteiger partial charge on any atom is -0.508 e. The highest BCUT2D eigenvalue weighted by Crippen LogP contribution is 2.08. The van der Waals surface area contributed by atoms with E-state index >= 15 is 0 Å². The highest BCUT2D eigenvalue weighted by Gasteiger charge is 1.94. The van der Waals surface area contributed by atoms with Crippen molar-refractivity contribution in [3.63, 3.8) is 0 Å². The highest BCUT2D eigenvalue weighted by molar-refractivity contribution is 5.65. The predicted octanol–water partition coefficient (Wildman–Crippen LogP) is 0.960. The molecule has 2 N–H and O–H groups in total. The summed E-state index contributed by atoms with van der Waals surface area (Å²) in [5.74, 6) is -0.157. The predicted molar refractivity (Wildman–Crippen MR) is 46.7 cm³/mol. The Bertz CT molecular complexity index is 281. The zero-order chi connectivity index (χ0) is 9.68. The maximum absolute atomic E-state index is 10.4. The van der Waals surface area contributed by atoms with Crippen LogP contribution in [-0.2, 0) is 16.2 Å². The van der Waals surface area contributed by atoms with Crippen LogP contribution in [0.4, 0.5) is 0 Å². The Kier molecular flexibility index (Phi) is 3.28. The number of hydrogen-bond donors (Lipinski definition) is 2. The second-order valence-electron chi connectivity index (χ2n) is 2.58. The Morgan fingerprint density at radius 1 is 1.46 bits per heavy atom. The van der Waals surface area contributed by atoms with Gasteiger partial charge >= 0.3 is 5.97 Å². The van der Waals surface area contributed by atoms with Crippen molar-refractivity contribution < 1.29 is 14.7 Å². The molecule has 0 unspecified atom stereocenters. The lowest BCUT2D eigenvalue weighted by atomic mass is 10.2. The summed E-state index contributed by atoms with van der Waals surface area (Å²) in [6.07, 6.45) is 0. The molecule has 0 saturated carbocycles. The van der Waals surface area contributed by atoms with Gasteiger partial charge in [0.2, 0.25) is 0 Å². The van der Waals surface area contributed by atoms with E-state index in [9.17, 15) is 4.79 Å². The molecule has 0 heterocycles. The van der Waals surface area contributed by atoms with Crippen LogP contribution in [0.3, 0.4) is 0 Å². The Hall–Kier alpha value is -1.55. The summed E-state index contributed by atoms with van der Waals surface area (Å²) in [4.78, 5) is 14.9. The number of nitrogens with one attached hydrogen (secondary N) is 1. The van der Waals surface area contributed by atoms with Crippen LogP contribution >= 0.6 is 0 Å². The topological polar surface area (TPSA) is 58.6 Å². The van der Waals surface area contributed by atoms with Crippen molar-refractivity contribution in [2.45, 2.75) is 13.5 Å². The first-order chi connectivity index (χ1) is 6.18. The van der Waals surface area contributed by atoms with Gasteiger partial charge in [-0.05, 0) is 17.7 Å². The van der Waals surface area contributed by atoms with E-state index in [2.05, 4.69) is 10.3 Å². The summed E-state index contributed by atoms with van der Waals surface area (Å²) in [5.41, 5.74) is 3.42. The molecule has 0 saturated heterocycles. The maximum atomic E-state index is 10.4. The van der Waals surface area contributed by atoms with E-state index in [0.717, 1.165) is 5.56 Å². The van der Waals surface area contributed by atoms with Gasteiger partial charge in [-0.25, -0.2) is 0 Å². The number of phenolic OH excluding ortho intramolecular Hbond substituents is 1. The molecule has 70 valence electrons. The number of phenols is 1. The lowest BCUT2D eigenvalue weighted by molar-refractivity contribution is -0.148. The summed E-state index contributed by atoms with van der Waals surface area (Å²) in [7, 11) is 0. The third-order valence-electron chi connectivity index (χ3n) is 1.43. The normalized spacial score (nSPS) is 9.62. The smallest absolute Gasteiger partial charge is 0.321 e. The minimum absolute atomic E-state index is 0.219. The Balaban J connectivity index is 2.37. The standard InChI is InChI=1S/C9H11NO3/c1-7(11)13-10-6-8-2-4-9(12)5-3-8/h2-5,10,12H,6H2,1H3. The number of carbonyl (C=O) groups is 1. The van der Waals surface area contributed by atoms with Gasteiger partial charge in [0.25, 0.3) is 0 Å². The first-order valence-electron chi connectivity index (χ1n) is 3.86. The third kappa shape index (κ3) is 3.57. The average Bonchev–Trinajstić information content (AvgIpc) is 2.08. The van der Waals surface area contributed by atoms with Gasteiger partial charge in [-0.3, -0.25) is 4.79 Å². The zero-order valence-electron chi connectivity index (χ0n) is 7.28. The largest absolute Gasteiger partial charge is 0.508 e. The average molecular weight is 181 g/mol. The van der Waals surface area contributed by atoms with E-state index in [1.165, 1.54) is 6.92 Å². The summed E-state index contributed by atoms with van der Waals surface area (Å²) in [6, 6.07) is 6.63. The molecule has 0 aromatic heterocycles. The van der Waals surface area contributed by atoms with E-state index in [-0.39, 0.29) is 11.7 Å². The van der Waals surface area contributed by atoms with Gasteiger partial charge in [-0.1, -0.05) is 12.1 Å². The zero-order valence-corrected chi connectivity index (χ0v) is 7.28. The molecule has 4 heteroatoms. The monoisotopic (exact) mass is 181 g/mol. The molecule has 4 nitrogen and oxygen atoms in total. The van der Waals surface area contributed by atoms with Crippen molar-refractivity contribution in [1.82, 2.24) is 5.48 Å². The molecule has 0 aliphatic heterocycles. The van der Waals surface area contributed by atoms with Gasteiger partial charge in [-0.2, -0.15) is 0 Å². The van der Waals surface area contributed by atoms with Gasteiger partial charge in [0, 0.05) is 6.92 Å². The van der Waals surface area contributed by atoms with E-state index in [1.807, 2.05) is 0 Å². The first-order valence-corrected chi connectivity index (χ1v) is 3.86. The fourth-order valence-corrected chi connectivity index (χ4v) is 0.835. The fourth-order valence-electron chi connectivity index (χ4n) is 0.835. The molecule has 0 atom stereocenters. The number of aromatic hydroxyl groups is 1. The highest BCUT2D eigenvalue weighted by atomic mass is 16.7. The summed E-state index contributed by atoms with van der Waals surface area (Å²) >= 11 is 0. The van der Waals surface area contributed by atoms with E-state index in [0.29, 0.717) is 6.54 Å². The second kappa shape index (κ2) is 4.47. The van der Waals surface area contributed by atoms with Gasteiger partial charge in [-0.15, -0.1) is 5.48 Å². The molecule has 0 aliphatic carbocycles. The van der Waals surface area contributed by atoms with Crippen molar-refractivity contribution in [3.05, 3.63) is 29.8 Å². The molecule has 1 aromatic rings. The molecule has 0 spiro atoms. The summed E-state index contributed by atoms with van der Waals surface area (Å²) in [6.45, 7) is 1.75. The minimum atomic E-state index is -0.376. The van der Waals surface area contributed by atoms with Crippen LogP contribution in [0.15, 0.2) is 24.3 Å². The van der Waals surface area contributed by atoms with Crippen LogP contribution in [0.25, 0.3) is 0 Å². The molecule has 0 aliphatic rings. The Morgan fingerprint density at radius 2 is 2.08 bits per heavy atom. The van der Waals surface area contributed by atoms with Gasteiger partial charge in [0.1, 0.15) is 5.75 Å². The van der Waals surface area contributed by atoms with Crippen molar-refractivity contribution in [3.8, 4) is 5.75 Å². The number of benzene rings is 1. The quantitative estimate of drug-likeness (QED) is 0.682. The van der Waals surface area contributed by atoms with Crippen LogP contribution in [0.2, 0.25) is 0 Å². The molecule has 13 heavy (non-hydrogen) atoms. The maximum Gasteiger partial charge on any atom is 0.321 e. The van der Waals surface area contributed by atoms with Crippen LogP contribution in [0.1, 0.15) is 12.5 Å². The molecule has 0 bridgehead atoms. The molecular weight excluding hydrogens is 170 g/mol. The molecular formula is C9H11NO3. The van der Waals surface area contributed by atoms with E-state index in [1.54, 1.807) is 24.3 Å². The molecule has 0 fully saturated rings. The Morgan fingerprint density at radius 3 is 2.62 bits per heavy atom. The van der Waals surface area contributed by atoms with Crippen molar-refractivity contribution >= 4 is 5.97 Å². The van der Waals surface area contributed by atoms with Crippen molar-refractivity contribution in [2.75, 3.05) is 0 Å². The third-order valence-corrected chi connectivity index (χ3v) is 1.43. The number of hydroxylamine groups is 1. The lowest BCUT2D eigenvalue weighted by Crippen LogP contribution is -2.17. The second-order valence-corrected chi connectivity index (χ2v) is 2.58. The van der Waals surface area contributed by atoms with E-state index in [4.69, 9.17) is 5.11 Å². The molecule has 1 aromatic carbocycles. The van der Waals surface area contributed by atoms with E-state index < -0.39 is 0 Å². The number of hydrogen-bond acceptors (Lipinski definition) is 4.